The third kappa shape index (κ3) is 2.81. The van der Waals surface area contributed by atoms with Gasteiger partial charge in [0.15, 0.2) is 0 Å². The van der Waals surface area contributed by atoms with E-state index in [0.29, 0.717) is 6.42 Å². The van der Waals surface area contributed by atoms with Gasteiger partial charge in [-0.3, -0.25) is 0 Å². The molecule has 0 saturated heterocycles. The van der Waals surface area contributed by atoms with Crippen LogP contribution in [-0.4, -0.2) is 30.1 Å². The fraction of sp³-hybridized carbons (Fsp3) is 1.00. The molecule has 0 aromatic carbocycles. The zero-order valence-electron chi connectivity index (χ0n) is 7.26. The van der Waals surface area contributed by atoms with Gasteiger partial charge in [-0.25, -0.2) is 0 Å². The molecule has 10 heavy (non-hydrogen) atoms. The standard InChI is InChI=1S/C7H18O2Si/c1-5-6(8)7(9)10(2,3)4/h6-9H,5H2,1-4H3. The van der Waals surface area contributed by atoms with Crippen molar-refractivity contribution in [3.05, 3.63) is 0 Å². The van der Waals surface area contributed by atoms with E-state index in [0.717, 1.165) is 0 Å². The van der Waals surface area contributed by atoms with Crippen LogP contribution in [0.15, 0.2) is 0 Å². The van der Waals surface area contributed by atoms with Crippen molar-refractivity contribution in [3.63, 3.8) is 0 Å². The average molecular weight is 162 g/mol. The number of hydrogen-bond donors (Lipinski definition) is 2. The van der Waals surface area contributed by atoms with E-state index in [9.17, 15) is 10.2 Å². The lowest BCUT2D eigenvalue weighted by Crippen LogP contribution is -2.46. The Labute approximate surface area is 63.9 Å². The van der Waals surface area contributed by atoms with Crippen LogP contribution in [-0.2, 0) is 0 Å². The Bertz CT molecular complexity index is 98.3. The normalized spacial score (nSPS) is 18.6. The van der Waals surface area contributed by atoms with Crippen LogP contribution in [0.5, 0.6) is 0 Å². The van der Waals surface area contributed by atoms with Gasteiger partial charge in [0, 0.05) is 0 Å². The Hall–Kier alpha value is 0.137. The molecule has 3 heteroatoms. The molecule has 0 aliphatic carbocycles. The van der Waals surface area contributed by atoms with Gasteiger partial charge in [0.25, 0.3) is 0 Å². The summed E-state index contributed by atoms with van der Waals surface area (Å²) in [7, 11) is -1.54. The lowest BCUT2D eigenvalue weighted by Gasteiger charge is -2.27. The highest BCUT2D eigenvalue weighted by Gasteiger charge is 2.29. The Balaban J connectivity index is 3.94. The first-order chi connectivity index (χ1) is 4.39. The van der Waals surface area contributed by atoms with E-state index < -0.39 is 19.9 Å². The van der Waals surface area contributed by atoms with Crippen molar-refractivity contribution >= 4 is 8.07 Å². The third-order valence-corrected chi connectivity index (χ3v) is 3.83. The van der Waals surface area contributed by atoms with Crippen molar-refractivity contribution in [3.8, 4) is 0 Å². The minimum Gasteiger partial charge on any atom is -0.394 e. The molecule has 0 aliphatic rings. The topological polar surface area (TPSA) is 40.5 Å². The van der Waals surface area contributed by atoms with Crippen LogP contribution in [0.2, 0.25) is 19.6 Å². The van der Waals surface area contributed by atoms with Crippen molar-refractivity contribution < 1.29 is 10.2 Å². The maximum atomic E-state index is 9.47. The molecule has 2 atom stereocenters. The lowest BCUT2D eigenvalue weighted by molar-refractivity contribution is 0.0595. The van der Waals surface area contributed by atoms with Gasteiger partial charge in [0.1, 0.15) is 0 Å². The number of aliphatic hydroxyl groups excluding tert-OH is 2. The van der Waals surface area contributed by atoms with Gasteiger partial charge in [-0.05, 0) is 6.42 Å². The van der Waals surface area contributed by atoms with Gasteiger partial charge in [0.2, 0.25) is 0 Å². The molecule has 62 valence electrons. The van der Waals surface area contributed by atoms with Crippen LogP contribution >= 0.6 is 0 Å². The summed E-state index contributed by atoms with van der Waals surface area (Å²) < 4.78 is 0. The molecule has 2 N–H and O–H groups in total. The van der Waals surface area contributed by atoms with Crippen molar-refractivity contribution in [1.29, 1.82) is 0 Å². The van der Waals surface area contributed by atoms with E-state index in [-0.39, 0.29) is 0 Å². The van der Waals surface area contributed by atoms with E-state index in [1.807, 2.05) is 6.92 Å². The maximum Gasteiger partial charge on any atom is 0.0815 e. The number of aliphatic hydroxyl groups is 2. The summed E-state index contributed by atoms with van der Waals surface area (Å²) in [6.07, 6.45) is 0.123. The second-order valence-electron chi connectivity index (χ2n) is 3.79. The number of rotatable bonds is 3. The Kier molecular flexibility index (Phi) is 3.55. The van der Waals surface area contributed by atoms with Gasteiger partial charge in [-0.15, -0.1) is 0 Å². The number of hydrogen-bond acceptors (Lipinski definition) is 2. The van der Waals surface area contributed by atoms with E-state index >= 15 is 0 Å². The van der Waals surface area contributed by atoms with Gasteiger partial charge in [-0.2, -0.15) is 0 Å². The zero-order valence-corrected chi connectivity index (χ0v) is 8.26. The summed E-state index contributed by atoms with van der Waals surface area (Å²) in [6, 6.07) is 0. The summed E-state index contributed by atoms with van der Waals surface area (Å²) in [5, 5.41) is 18.7. The first-order valence-corrected chi connectivity index (χ1v) is 7.33. The molecular weight excluding hydrogens is 144 g/mol. The fourth-order valence-corrected chi connectivity index (χ4v) is 2.19. The third-order valence-electron chi connectivity index (χ3n) is 1.67. The van der Waals surface area contributed by atoms with E-state index in [1.54, 1.807) is 0 Å². The Morgan fingerprint density at radius 1 is 1.20 bits per heavy atom. The first-order valence-electron chi connectivity index (χ1n) is 3.75. The van der Waals surface area contributed by atoms with Gasteiger partial charge in [-0.1, -0.05) is 26.6 Å². The van der Waals surface area contributed by atoms with E-state index in [4.69, 9.17) is 0 Å². The monoisotopic (exact) mass is 162 g/mol. The molecule has 0 bridgehead atoms. The predicted octanol–water partition coefficient (Wildman–Crippen LogP) is 0.996. The van der Waals surface area contributed by atoms with Crippen molar-refractivity contribution in [2.75, 3.05) is 0 Å². The second-order valence-corrected chi connectivity index (χ2v) is 9.11. The molecule has 0 aliphatic heterocycles. The van der Waals surface area contributed by atoms with Crippen molar-refractivity contribution in [2.45, 2.75) is 44.8 Å². The molecule has 0 aromatic heterocycles. The smallest absolute Gasteiger partial charge is 0.0815 e. The quantitative estimate of drug-likeness (QED) is 0.608. The van der Waals surface area contributed by atoms with Crippen molar-refractivity contribution in [2.24, 2.45) is 0 Å². The Morgan fingerprint density at radius 2 is 1.60 bits per heavy atom. The molecular formula is C7H18O2Si. The molecule has 2 unspecified atom stereocenters. The van der Waals surface area contributed by atoms with Crippen LogP contribution in [0.3, 0.4) is 0 Å². The second kappa shape index (κ2) is 3.51. The van der Waals surface area contributed by atoms with Gasteiger partial charge < -0.3 is 10.2 Å². The highest BCUT2D eigenvalue weighted by Crippen LogP contribution is 2.12. The molecule has 2 nitrogen and oxygen atoms in total. The minimum atomic E-state index is -1.54. The molecule has 0 amide bonds. The molecule has 0 aromatic rings. The highest BCUT2D eigenvalue weighted by molar-refractivity contribution is 6.77. The fourth-order valence-electron chi connectivity index (χ4n) is 0.800. The van der Waals surface area contributed by atoms with Crippen LogP contribution in [0.25, 0.3) is 0 Å². The molecule has 0 radical (unpaired) electrons. The Morgan fingerprint density at radius 3 is 1.70 bits per heavy atom. The predicted molar refractivity (Wildman–Crippen MR) is 45.7 cm³/mol. The molecule has 0 spiro atoms. The largest absolute Gasteiger partial charge is 0.394 e. The summed E-state index contributed by atoms with van der Waals surface area (Å²) in [6.45, 7) is 8.04. The summed E-state index contributed by atoms with van der Waals surface area (Å²) in [5.41, 5.74) is -0.475. The molecule has 0 heterocycles. The summed E-state index contributed by atoms with van der Waals surface area (Å²) >= 11 is 0. The average Bonchev–Trinajstić information content (AvgIpc) is 1.83. The minimum absolute atomic E-state index is 0.475. The zero-order chi connectivity index (χ0) is 8.36. The van der Waals surface area contributed by atoms with E-state index in [1.165, 1.54) is 0 Å². The summed E-state index contributed by atoms with van der Waals surface area (Å²) in [5.74, 6) is 0. The van der Waals surface area contributed by atoms with E-state index in [2.05, 4.69) is 19.6 Å². The summed E-state index contributed by atoms with van der Waals surface area (Å²) in [4.78, 5) is 0. The van der Waals surface area contributed by atoms with Crippen molar-refractivity contribution in [1.82, 2.24) is 0 Å². The van der Waals surface area contributed by atoms with Crippen LogP contribution in [0.1, 0.15) is 13.3 Å². The SMILES string of the molecule is CCC(O)C(O)[Si](C)(C)C. The molecule has 0 rings (SSSR count). The molecule has 0 fully saturated rings. The first kappa shape index (κ1) is 10.1. The van der Waals surface area contributed by atoms with Crippen LogP contribution in [0.4, 0.5) is 0 Å². The van der Waals surface area contributed by atoms with Crippen LogP contribution in [0, 0.1) is 0 Å². The lowest BCUT2D eigenvalue weighted by atomic mass is 10.3. The van der Waals surface area contributed by atoms with Crippen LogP contribution < -0.4 is 0 Å². The molecule has 0 saturated carbocycles. The highest BCUT2D eigenvalue weighted by atomic mass is 28.3. The maximum absolute atomic E-state index is 9.47. The van der Waals surface area contributed by atoms with Gasteiger partial charge >= 0.3 is 0 Å². The van der Waals surface area contributed by atoms with Gasteiger partial charge in [0.05, 0.1) is 19.9 Å².